The molecule has 4 aromatic rings. The van der Waals surface area contributed by atoms with Gasteiger partial charge in [0, 0.05) is 27.9 Å². The van der Waals surface area contributed by atoms with E-state index in [9.17, 15) is 4.79 Å². The summed E-state index contributed by atoms with van der Waals surface area (Å²) in [6, 6.07) is 25.3. The Balaban J connectivity index is 1.61. The van der Waals surface area contributed by atoms with Gasteiger partial charge >= 0.3 is 0 Å². The minimum absolute atomic E-state index is 0.713. The van der Waals surface area contributed by atoms with Crippen LogP contribution >= 0.6 is 11.8 Å². The van der Waals surface area contributed by atoms with Gasteiger partial charge in [-0.3, -0.25) is 4.79 Å². The second kappa shape index (κ2) is 7.85. The Morgan fingerprint density at radius 2 is 1.70 bits per heavy atom. The molecule has 0 atom stereocenters. The summed E-state index contributed by atoms with van der Waals surface area (Å²) in [7, 11) is 0. The average Bonchev–Trinajstić information content (AvgIpc) is 3.11. The van der Waals surface area contributed by atoms with Crippen LogP contribution < -0.4 is 0 Å². The SMILES string of the molecule is CCc1ccc2cc(-c3ccc(SCc4ccccc4)cc3)c(C=O)n2c1. The fourth-order valence-corrected chi connectivity index (χ4v) is 4.12. The Kier molecular flexibility index (Phi) is 5.12. The van der Waals surface area contributed by atoms with Crippen molar-refractivity contribution in [3.8, 4) is 11.1 Å². The van der Waals surface area contributed by atoms with Gasteiger partial charge in [0.15, 0.2) is 6.29 Å². The number of fused-ring (bicyclic) bond motifs is 1. The van der Waals surface area contributed by atoms with Crippen molar-refractivity contribution in [2.24, 2.45) is 0 Å². The van der Waals surface area contributed by atoms with Crippen molar-refractivity contribution in [2.75, 3.05) is 0 Å². The number of hydrogen-bond donors (Lipinski definition) is 0. The van der Waals surface area contributed by atoms with Crippen LogP contribution in [0.25, 0.3) is 16.6 Å². The lowest BCUT2D eigenvalue weighted by molar-refractivity contribution is 0.111. The predicted molar refractivity (Wildman–Crippen MR) is 114 cm³/mol. The van der Waals surface area contributed by atoms with E-state index >= 15 is 0 Å². The predicted octanol–water partition coefficient (Wildman–Crippen LogP) is 6.27. The standard InChI is InChI=1S/C24H21NOS/c1-2-18-8-11-21-14-23(24(16-26)25(21)15-18)20-9-12-22(13-10-20)27-17-19-6-4-3-5-7-19/h3-16H,2,17H2,1H3. The molecule has 4 rings (SSSR count). The smallest absolute Gasteiger partial charge is 0.167 e. The molecule has 134 valence electrons. The van der Waals surface area contributed by atoms with Gasteiger partial charge in [-0.25, -0.2) is 0 Å². The summed E-state index contributed by atoms with van der Waals surface area (Å²) in [5, 5.41) is 0. The van der Waals surface area contributed by atoms with Crippen LogP contribution in [0.5, 0.6) is 0 Å². The first kappa shape index (κ1) is 17.6. The normalized spacial score (nSPS) is 11.0. The molecule has 0 N–H and O–H groups in total. The summed E-state index contributed by atoms with van der Waals surface area (Å²) in [6.45, 7) is 2.12. The largest absolute Gasteiger partial charge is 0.313 e. The van der Waals surface area contributed by atoms with E-state index in [2.05, 4.69) is 79.9 Å². The molecule has 0 spiro atoms. The molecule has 2 heterocycles. The zero-order valence-electron chi connectivity index (χ0n) is 15.3. The minimum atomic E-state index is 0.713. The van der Waals surface area contributed by atoms with E-state index in [0.717, 1.165) is 35.1 Å². The van der Waals surface area contributed by atoms with Gasteiger partial charge in [0.05, 0.1) is 5.69 Å². The number of nitrogens with zero attached hydrogens (tertiary/aromatic N) is 1. The maximum absolute atomic E-state index is 11.8. The number of aldehydes is 1. The summed E-state index contributed by atoms with van der Waals surface area (Å²) in [5.41, 5.74) is 6.36. The topological polar surface area (TPSA) is 21.5 Å². The molecule has 0 unspecified atom stereocenters. The van der Waals surface area contributed by atoms with Crippen molar-refractivity contribution in [2.45, 2.75) is 24.0 Å². The van der Waals surface area contributed by atoms with Gasteiger partial charge in [-0.15, -0.1) is 11.8 Å². The molecular weight excluding hydrogens is 350 g/mol. The maximum Gasteiger partial charge on any atom is 0.167 e. The molecule has 0 radical (unpaired) electrons. The second-order valence-corrected chi connectivity index (χ2v) is 7.59. The number of pyridine rings is 1. The van der Waals surface area contributed by atoms with E-state index in [-0.39, 0.29) is 0 Å². The van der Waals surface area contributed by atoms with Crippen LogP contribution in [0, 0.1) is 0 Å². The highest BCUT2D eigenvalue weighted by atomic mass is 32.2. The Morgan fingerprint density at radius 3 is 2.41 bits per heavy atom. The third kappa shape index (κ3) is 3.69. The van der Waals surface area contributed by atoms with Crippen molar-refractivity contribution in [3.63, 3.8) is 0 Å². The molecule has 0 saturated carbocycles. The lowest BCUT2D eigenvalue weighted by atomic mass is 10.1. The second-order valence-electron chi connectivity index (χ2n) is 6.55. The first-order valence-corrected chi connectivity index (χ1v) is 10.1. The lowest BCUT2D eigenvalue weighted by Crippen LogP contribution is -1.94. The van der Waals surface area contributed by atoms with Gasteiger partial charge in [-0.1, -0.05) is 55.5 Å². The van der Waals surface area contributed by atoms with E-state index in [4.69, 9.17) is 0 Å². The Labute approximate surface area is 163 Å². The maximum atomic E-state index is 11.8. The number of carbonyl (C=O) groups is 1. The van der Waals surface area contributed by atoms with Crippen molar-refractivity contribution in [1.29, 1.82) is 0 Å². The molecule has 2 aromatic heterocycles. The molecule has 0 aliphatic heterocycles. The van der Waals surface area contributed by atoms with Gasteiger partial charge in [0.25, 0.3) is 0 Å². The summed E-state index contributed by atoms with van der Waals surface area (Å²) < 4.78 is 2.00. The first-order chi connectivity index (χ1) is 13.3. The van der Waals surface area contributed by atoms with Crippen LogP contribution in [-0.4, -0.2) is 10.7 Å². The fourth-order valence-electron chi connectivity index (χ4n) is 3.27. The molecule has 0 amide bonds. The van der Waals surface area contributed by atoms with Gasteiger partial charge < -0.3 is 4.40 Å². The number of carbonyl (C=O) groups excluding carboxylic acids is 1. The van der Waals surface area contributed by atoms with E-state index in [0.29, 0.717) is 5.69 Å². The van der Waals surface area contributed by atoms with Crippen LogP contribution in [0.4, 0.5) is 0 Å². The molecule has 27 heavy (non-hydrogen) atoms. The lowest BCUT2D eigenvalue weighted by Gasteiger charge is -2.05. The Morgan fingerprint density at radius 1 is 0.926 bits per heavy atom. The molecule has 0 fully saturated rings. The van der Waals surface area contributed by atoms with Crippen molar-refractivity contribution in [1.82, 2.24) is 4.40 Å². The third-order valence-electron chi connectivity index (χ3n) is 4.80. The molecule has 2 nitrogen and oxygen atoms in total. The highest BCUT2D eigenvalue weighted by molar-refractivity contribution is 7.98. The van der Waals surface area contributed by atoms with Crippen LogP contribution in [0.3, 0.4) is 0 Å². The van der Waals surface area contributed by atoms with Crippen LogP contribution in [-0.2, 0) is 12.2 Å². The number of rotatable bonds is 6. The highest BCUT2D eigenvalue weighted by Crippen LogP contribution is 2.30. The van der Waals surface area contributed by atoms with Crippen molar-refractivity contribution < 1.29 is 4.79 Å². The van der Waals surface area contributed by atoms with Gasteiger partial charge in [-0.2, -0.15) is 0 Å². The summed E-state index contributed by atoms with van der Waals surface area (Å²) in [6.07, 6.45) is 3.97. The van der Waals surface area contributed by atoms with Gasteiger partial charge in [0.2, 0.25) is 0 Å². The number of aryl methyl sites for hydroxylation is 1. The summed E-state index contributed by atoms with van der Waals surface area (Å²) in [4.78, 5) is 13.0. The monoisotopic (exact) mass is 371 g/mol. The molecule has 2 aromatic carbocycles. The van der Waals surface area contributed by atoms with Crippen LogP contribution in [0.15, 0.2) is 83.9 Å². The average molecular weight is 372 g/mol. The molecule has 0 saturated heterocycles. The summed E-state index contributed by atoms with van der Waals surface area (Å²) in [5.74, 6) is 0.954. The Bertz CT molecular complexity index is 1060. The quantitative estimate of drug-likeness (QED) is 0.294. The number of hydrogen-bond acceptors (Lipinski definition) is 2. The highest BCUT2D eigenvalue weighted by Gasteiger charge is 2.12. The fraction of sp³-hybridized carbons (Fsp3) is 0.125. The Hall–Kier alpha value is -2.78. The molecule has 3 heteroatoms. The van der Waals surface area contributed by atoms with Gasteiger partial charge in [-0.05, 0) is 47.4 Å². The third-order valence-corrected chi connectivity index (χ3v) is 5.89. The van der Waals surface area contributed by atoms with Crippen molar-refractivity contribution >= 4 is 23.6 Å². The minimum Gasteiger partial charge on any atom is -0.313 e. The zero-order chi connectivity index (χ0) is 18.6. The van der Waals surface area contributed by atoms with Gasteiger partial charge in [0.1, 0.15) is 0 Å². The van der Waals surface area contributed by atoms with Crippen LogP contribution in [0.2, 0.25) is 0 Å². The van der Waals surface area contributed by atoms with E-state index in [1.807, 2.05) is 22.2 Å². The molecule has 0 aliphatic carbocycles. The number of benzene rings is 2. The first-order valence-electron chi connectivity index (χ1n) is 9.15. The molecule has 0 aliphatic rings. The summed E-state index contributed by atoms with van der Waals surface area (Å²) >= 11 is 1.82. The zero-order valence-corrected chi connectivity index (χ0v) is 16.1. The number of aromatic nitrogens is 1. The number of thioether (sulfide) groups is 1. The van der Waals surface area contributed by atoms with E-state index < -0.39 is 0 Å². The van der Waals surface area contributed by atoms with Crippen molar-refractivity contribution in [3.05, 3.63) is 95.8 Å². The molecule has 0 bridgehead atoms. The molecular formula is C24H21NOS. The van der Waals surface area contributed by atoms with E-state index in [1.54, 1.807) is 0 Å². The van der Waals surface area contributed by atoms with Crippen LogP contribution in [0.1, 0.15) is 28.5 Å². The van der Waals surface area contributed by atoms with E-state index in [1.165, 1.54) is 16.0 Å².